The molecule has 4 nitrogen and oxygen atoms in total. The fourth-order valence-electron chi connectivity index (χ4n) is 1.16. The average molecular weight is 246 g/mol. The predicted octanol–water partition coefficient (Wildman–Crippen LogP) is 1.96. The first-order chi connectivity index (χ1) is 7.97. The smallest absolute Gasteiger partial charge is 0.325 e. The number of benzene rings is 1. The molecule has 0 unspecified atom stereocenters. The van der Waals surface area contributed by atoms with Crippen molar-refractivity contribution in [1.29, 1.82) is 0 Å². The van der Waals surface area contributed by atoms with Crippen molar-refractivity contribution in [1.82, 2.24) is 5.43 Å². The van der Waals surface area contributed by atoms with Crippen molar-refractivity contribution in [3.63, 3.8) is 0 Å². The SMILES string of the molecule is CCN=C(NN)Nc1ccc(C(F)(F)F)cc1. The number of nitrogens with zero attached hydrogens (tertiary/aromatic N) is 1. The van der Waals surface area contributed by atoms with Crippen LogP contribution in [0.15, 0.2) is 29.3 Å². The molecule has 0 fully saturated rings. The second-order valence-electron chi connectivity index (χ2n) is 3.17. The molecule has 17 heavy (non-hydrogen) atoms. The van der Waals surface area contributed by atoms with Crippen LogP contribution < -0.4 is 16.6 Å². The van der Waals surface area contributed by atoms with Crippen LogP contribution in [0.5, 0.6) is 0 Å². The number of anilines is 1. The largest absolute Gasteiger partial charge is 0.416 e. The molecule has 0 aliphatic carbocycles. The molecule has 0 atom stereocenters. The standard InChI is InChI=1S/C10H13F3N4/c1-2-15-9(17-14)16-8-5-3-7(4-6-8)10(11,12)13/h3-6H,2,14H2,1H3,(H2,15,16,17). The lowest BCUT2D eigenvalue weighted by molar-refractivity contribution is -0.137. The van der Waals surface area contributed by atoms with Gasteiger partial charge < -0.3 is 5.32 Å². The molecule has 0 aliphatic heterocycles. The Hall–Kier alpha value is -1.76. The molecule has 0 saturated carbocycles. The molecule has 0 radical (unpaired) electrons. The highest BCUT2D eigenvalue weighted by molar-refractivity contribution is 5.93. The molecule has 0 aromatic heterocycles. The summed E-state index contributed by atoms with van der Waals surface area (Å²) < 4.78 is 36.9. The first-order valence-corrected chi connectivity index (χ1v) is 4.92. The van der Waals surface area contributed by atoms with E-state index >= 15 is 0 Å². The van der Waals surface area contributed by atoms with E-state index in [-0.39, 0.29) is 0 Å². The van der Waals surface area contributed by atoms with Gasteiger partial charge in [0.25, 0.3) is 0 Å². The van der Waals surface area contributed by atoms with Crippen LogP contribution in [0.4, 0.5) is 18.9 Å². The number of hydrazine groups is 1. The van der Waals surface area contributed by atoms with Gasteiger partial charge in [-0.25, -0.2) is 5.84 Å². The van der Waals surface area contributed by atoms with E-state index in [1.807, 2.05) is 6.92 Å². The minimum Gasteiger partial charge on any atom is -0.325 e. The topological polar surface area (TPSA) is 62.4 Å². The van der Waals surface area contributed by atoms with E-state index in [1.54, 1.807) is 0 Å². The van der Waals surface area contributed by atoms with Crippen molar-refractivity contribution in [3.05, 3.63) is 29.8 Å². The Labute approximate surface area is 96.7 Å². The van der Waals surface area contributed by atoms with E-state index in [0.29, 0.717) is 18.2 Å². The van der Waals surface area contributed by atoms with Crippen LogP contribution >= 0.6 is 0 Å². The highest BCUT2D eigenvalue weighted by atomic mass is 19.4. The maximum atomic E-state index is 12.3. The summed E-state index contributed by atoms with van der Waals surface area (Å²) in [7, 11) is 0. The average Bonchev–Trinajstić information content (AvgIpc) is 2.28. The van der Waals surface area contributed by atoms with Gasteiger partial charge in [-0.3, -0.25) is 10.4 Å². The van der Waals surface area contributed by atoms with E-state index in [9.17, 15) is 13.2 Å². The number of hydrogen-bond donors (Lipinski definition) is 3. The van der Waals surface area contributed by atoms with Crippen molar-refractivity contribution < 1.29 is 13.2 Å². The Balaban J connectivity index is 2.78. The second-order valence-corrected chi connectivity index (χ2v) is 3.17. The van der Waals surface area contributed by atoms with Gasteiger partial charge in [0.05, 0.1) is 5.56 Å². The minimum absolute atomic E-state index is 0.298. The summed E-state index contributed by atoms with van der Waals surface area (Å²) in [5.41, 5.74) is 2.09. The Bertz CT molecular complexity index is 384. The highest BCUT2D eigenvalue weighted by Gasteiger charge is 2.29. The molecule has 0 heterocycles. The first-order valence-electron chi connectivity index (χ1n) is 4.92. The fourth-order valence-corrected chi connectivity index (χ4v) is 1.16. The summed E-state index contributed by atoms with van der Waals surface area (Å²) in [5, 5.41) is 2.75. The third-order valence-corrected chi connectivity index (χ3v) is 1.93. The predicted molar refractivity (Wildman–Crippen MR) is 60.4 cm³/mol. The number of guanidine groups is 1. The normalized spacial score (nSPS) is 12.4. The molecule has 1 aromatic rings. The van der Waals surface area contributed by atoms with Gasteiger partial charge in [0.1, 0.15) is 0 Å². The van der Waals surface area contributed by atoms with Crippen LogP contribution in [0.3, 0.4) is 0 Å². The summed E-state index contributed by atoms with van der Waals surface area (Å²) in [5.74, 6) is 5.48. The van der Waals surface area contributed by atoms with Gasteiger partial charge >= 0.3 is 6.18 Å². The van der Waals surface area contributed by atoms with Gasteiger partial charge in [-0.15, -0.1) is 0 Å². The second kappa shape index (κ2) is 5.53. The van der Waals surface area contributed by atoms with Crippen LogP contribution in [-0.4, -0.2) is 12.5 Å². The Morgan fingerprint density at radius 2 is 1.88 bits per heavy atom. The Kier molecular flexibility index (Phi) is 4.33. The van der Waals surface area contributed by atoms with Gasteiger partial charge in [0.2, 0.25) is 5.96 Å². The van der Waals surface area contributed by atoms with Crippen LogP contribution in [0.25, 0.3) is 0 Å². The number of alkyl halides is 3. The van der Waals surface area contributed by atoms with E-state index in [0.717, 1.165) is 12.1 Å². The van der Waals surface area contributed by atoms with Crippen LogP contribution in [-0.2, 0) is 6.18 Å². The van der Waals surface area contributed by atoms with Crippen LogP contribution in [0, 0.1) is 0 Å². The highest BCUT2D eigenvalue weighted by Crippen LogP contribution is 2.29. The van der Waals surface area contributed by atoms with E-state index in [1.165, 1.54) is 12.1 Å². The van der Waals surface area contributed by atoms with Gasteiger partial charge in [0, 0.05) is 12.2 Å². The quantitative estimate of drug-likeness (QED) is 0.323. The van der Waals surface area contributed by atoms with Crippen LogP contribution in [0.1, 0.15) is 12.5 Å². The number of nitrogens with two attached hydrogens (primary N) is 1. The Morgan fingerprint density at radius 1 is 1.29 bits per heavy atom. The molecule has 0 bridgehead atoms. The lowest BCUT2D eigenvalue weighted by Gasteiger charge is -2.10. The van der Waals surface area contributed by atoms with Crippen LogP contribution in [0.2, 0.25) is 0 Å². The van der Waals surface area contributed by atoms with Crippen molar-refractivity contribution in [2.75, 3.05) is 11.9 Å². The molecule has 4 N–H and O–H groups in total. The molecule has 0 spiro atoms. The van der Waals surface area contributed by atoms with E-state index in [2.05, 4.69) is 15.7 Å². The third kappa shape index (κ3) is 3.95. The summed E-state index contributed by atoms with van der Waals surface area (Å²) in [6, 6.07) is 4.60. The summed E-state index contributed by atoms with van der Waals surface area (Å²) >= 11 is 0. The van der Waals surface area contributed by atoms with Crippen molar-refractivity contribution in [2.24, 2.45) is 10.8 Å². The monoisotopic (exact) mass is 246 g/mol. The first kappa shape index (κ1) is 13.3. The molecule has 0 amide bonds. The maximum absolute atomic E-state index is 12.3. The fraction of sp³-hybridized carbons (Fsp3) is 0.300. The molecule has 94 valence electrons. The third-order valence-electron chi connectivity index (χ3n) is 1.93. The van der Waals surface area contributed by atoms with Crippen molar-refractivity contribution >= 4 is 11.6 Å². The summed E-state index contributed by atoms with van der Waals surface area (Å²) in [6.07, 6.45) is -4.33. The lowest BCUT2D eigenvalue weighted by Crippen LogP contribution is -2.36. The molecule has 1 rings (SSSR count). The van der Waals surface area contributed by atoms with Gasteiger partial charge in [-0.05, 0) is 31.2 Å². The lowest BCUT2D eigenvalue weighted by atomic mass is 10.2. The van der Waals surface area contributed by atoms with Gasteiger partial charge in [0.15, 0.2) is 0 Å². The van der Waals surface area contributed by atoms with Gasteiger partial charge in [-0.1, -0.05) is 0 Å². The van der Waals surface area contributed by atoms with Crippen molar-refractivity contribution in [2.45, 2.75) is 13.1 Å². The molecular formula is C10H13F3N4. The summed E-state index contributed by atoms with van der Waals surface area (Å²) in [4.78, 5) is 3.96. The minimum atomic E-state index is -4.33. The molecule has 0 aliphatic rings. The van der Waals surface area contributed by atoms with Gasteiger partial charge in [-0.2, -0.15) is 13.2 Å². The molecule has 0 saturated heterocycles. The zero-order chi connectivity index (χ0) is 12.9. The van der Waals surface area contributed by atoms with Crippen molar-refractivity contribution in [3.8, 4) is 0 Å². The number of rotatable bonds is 2. The molecule has 7 heteroatoms. The number of halogens is 3. The molecular weight excluding hydrogens is 233 g/mol. The summed E-state index contributed by atoms with van der Waals surface area (Å²) in [6.45, 7) is 2.32. The zero-order valence-electron chi connectivity index (χ0n) is 9.17. The number of nitrogens with one attached hydrogen (secondary N) is 2. The zero-order valence-corrected chi connectivity index (χ0v) is 9.17. The maximum Gasteiger partial charge on any atom is 0.416 e. The Morgan fingerprint density at radius 3 is 2.29 bits per heavy atom. The number of aliphatic imine (C=N–C) groups is 1. The van der Waals surface area contributed by atoms with E-state index < -0.39 is 11.7 Å². The number of hydrogen-bond acceptors (Lipinski definition) is 2. The molecule has 1 aromatic carbocycles. The van der Waals surface area contributed by atoms with E-state index in [4.69, 9.17) is 5.84 Å².